The summed E-state index contributed by atoms with van der Waals surface area (Å²) in [6.45, 7) is 0.216. The molecule has 0 unspecified atom stereocenters. The number of methoxy groups -OCH3 is 2. The molecule has 0 bridgehead atoms. The predicted octanol–water partition coefficient (Wildman–Crippen LogP) is 2.96. The maximum absolute atomic E-state index is 12.3. The molecule has 2 rings (SSSR count). The molecule has 0 saturated heterocycles. The standard InChI is InChI=1S/C14H16BrN3O3S2/c1-20-10(21-2)7-17-13(19)11-12(16)18(14(22)23-11)9-5-3-8(15)4-6-9/h3-6,10H,7,16H2,1-2H3,(H,17,19). The highest BCUT2D eigenvalue weighted by Gasteiger charge is 2.19. The number of nitrogens with zero attached hydrogens (tertiary/aromatic N) is 1. The molecule has 1 aromatic heterocycles. The van der Waals surface area contributed by atoms with Gasteiger partial charge in [-0.25, -0.2) is 0 Å². The van der Waals surface area contributed by atoms with E-state index >= 15 is 0 Å². The molecule has 0 saturated carbocycles. The van der Waals surface area contributed by atoms with Gasteiger partial charge < -0.3 is 20.5 Å². The number of nitrogen functional groups attached to an aromatic ring is 1. The van der Waals surface area contributed by atoms with Crippen molar-refractivity contribution in [3.63, 3.8) is 0 Å². The summed E-state index contributed by atoms with van der Waals surface area (Å²) in [5.74, 6) is -0.000215. The Morgan fingerprint density at radius 3 is 2.57 bits per heavy atom. The van der Waals surface area contributed by atoms with Crippen molar-refractivity contribution in [3.8, 4) is 5.69 Å². The number of nitrogens with two attached hydrogens (primary N) is 1. The maximum Gasteiger partial charge on any atom is 0.265 e. The van der Waals surface area contributed by atoms with Crippen molar-refractivity contribution in [2.45, 2.75) is 6.29 Å². The van der Waals surface area contributed by atoms with Gasteiger partial charge in [-0.15, -0.1) is 0 Å². The molecule has 0 aliphatic carbocycles. The topological polar surface area (TPSA) is 78.5 Å². The molecule has 2 aromatic rings. The Morgan fingerprint density at radius 2 is 2.00 bits per heavy atom. The lowest BCUT2D eigenvalue weighted by atomic mass is 10.3. The third-order valence-electron chi connectivity index (χ3n) is 3.09. The smallest absolute Gasteiger partial charge is 0.265 e. The number of amides is 1. The first-order valence-electron chi connectivity index (χ1n) is 6.59. The molecule has 1 amide bonds. The third kappa shape index (κ3) is 4.18. The molecule has 0 aliphatic heterocycles. The van der Waals surface area contributed by atoms with E-state index in [-0.39, 0.29) is 12.5 Å². The number of halogens is 1. The number of carbonyl (C=O) groups excluding carboxylic acids is 1. The minimum atomic E-state index is -0.512. The van der Waals surface area contributed by atoms with Gasteiger partial charge in [0.05, 0.1) is 6.54 Å². The summed E-state index contributed by atoms with van der Waals surface area (Å²) in [4.78, 5) is 12.7. The molecule has 3 N–H and O–H groups in total. The SMILES string of the molecule is COC(CNC(=O)c1sc(=S)n(-c2ccc(Br)cc2)c1N)OC. The molecule has 0 atom stereocenters. The summed E-state index contributed by atoms with van der Waals surface area (Å²) >= 11 is 9.88. The average Bonchev–Trinajstić information content (AvgIpc) is 2.84. The van der Waals surface area contributed by atoms with Crippen molar-refractivity contribution >= 4 is 51.2 Å². The first kappa shape index (κ1) is 18.1. The van der Waals surface area contributed by atoms with Crippen molar-refractivity contribution in [3.05, 3.63) is 37.6 Å². The van der Waals surface area contributed by atoms with Gasteiger partial charge in [-0.1, -0.05) is 27.3 Å². The van der Waals surface area contributed by atoms with Crippen molar-refractivity contribution in [1.29, 1.82) is 0 Å². The summed E-state index contributed by atoms with van der Waals surface area (Å²) in [6, 6.07) is 7.51. The summed E-state index contributed by atoms with van der Waals surface area (Å²) in [5.41, 5.74) is 6.92. The second-order valence-corrected chi connectivity index (χ2v) is 7.07. The number of ether oxygens (including phenoxy) is 2. The van der Waals surface area contributed by atoms with E-state index in [0.717, 1.165) is 21.5 Å². The summed E-state index contributed by atoms with van der Waals surface area (Å²) in [6.07, 6.45) is -0.512. The molecule has 0 radical (unpaired) electrons. The normalized spacial score (nSPS) is 11.0. The number of rotatable bonds is 6. The first-order chi connectivity index (χ1) is 11.0. The van der Waals surface area contributed by atoms with Crippen LogP contribution in [0.3, 0.4) is 0 Å². The van der Waals surface area contributed by atoms with Crippen molar-refractivity contribution < 1.29 is 14.3 Å². The van der Waals surface area contributed by atoms with Gasteiger partial charge in [0.2, 0.25) is 0 Å². The molecular weight excluding hydrogens is 402 g/mol. The van der Waals surface area contributed by atoms with Gasteiger partial charge >= 0.3 is 0 Å². The van der Waals surface area contributed by atoms with Crippen LogP contribution in [-0.4, -0.2) is 37.5 Å². The number of anilines is 1. The molecule has 0 spiro atoms. The highest BCUT2D eigenvalue weighted by molar-refractivity contribution is 9.10. The lowest BCUT2D eigenvalue weighted by Crippen LogP contribution is -2.34. The van der Waals surface area contributed by atoms with Gasteiger partial charge in [0.15, 0.2) is 10.2 Å². The predicted molar refractivity (Wildman–Crippen MR) is 96.7 cm³/mol. The van der Waals surface area contributed by atoms with E-state index in [4.69, 9.17) is 27.4 Å². The molecule has 6 nitrogen and oxygen atoms in total. The summed E-state index contributed by atoms with van der Waals surface area (Å²) in [5, 5.41) is 2.72. The number of carbonyl (C=O) groups is 1. The Morgan fingerprint density at radius 1 is 1.39 bits per heavy atom. The zero-order valence-corrected chi connectivity index (χ0v) is 15.8. The highest BCUT2D eigenvalue weighted by Crippen LogP contribution is 2.26. The minimum absolute atomic E-state index is 0.216. The van der Waals surface area contributed by atoms with E-state index in [9.17, 15) is 4.79 Å². The van der Waals surface area contributed by atoms with Gasteiger partial charge in [-0.2, -0.15) is 0 Å². The van der Waals surface area contributed by atoms with Crippen LogP contribution in [0.15, 0.2) is 28.7 Å². The van der Waals surface area contributed by atoms with Crippen LogP contribution in [0.4, 0.5) is 5.82 Å². The van der Waals surface area contributed by atoms with Crippen LogP contribution in [0, 0.1) is 3.95 Å². The number of thiazole rings is 1. The van der Waals surface area contributed by atoms with Gasteiger partial charge in [-0.05, 0) is 36.5 Å². The van der Waals surface area contributed by atoms with E-state index < -0.39 is 6.29 Å². The third-order valence-corrected chi connectivity index (χ3v) is 5.01. The van der Waals surface area contributed by atoms with E-state index in [2.05, 4.69) is 21.2 Å². The fraction of sp³-hybridized carbons (Fsp3) is 0.286. The van der Waals surface area contributed by atoms with Gasteiger partial charge in [0, 0.05) is 24.4 Å². The van der Waals surface area contributed by atoms with E-state index in [1.54, 1.807) is 4.57 Å². The fourth-order valence-electron chi connectivity index (χ4n) is 1.90. The molecule has 124 valence electrons. The molecule has 0 fully saturated rings. The first-order valence-corrected chi connectivity index (χ1v) is 8.60. The second kappa shape index (κ2) is 8.02. The van der Waals surface area contributed by atoms with Crippen LogP contribution in [0.5, 0.6) is 0 Å². The van der Waals surface area contributed by atoms with Crippen LogP contribution in [0.25, 0.3) is 5.69 Å². The number of hydrogen-bond acceptors (Lipinski definition) is 6. The monoisotopic (exact) mass is 417 g/mol. The molecule has 1 aromatic carbocycles. The van der Waals surface area contributed by atoms with Gasteiger partial charge in [0.1, 0.15) is 10.7 Å². The second-order valence-electron chi connectivity index (χ2n) is 4.51. The largest absolute Gasteiger partial charge is 0.383 e. The van der Waals surface area contributed by atoms with Crippen molar-refractivity contribution in [2.75, 3.05) is 26.5 Å². The summed E-state index contributed by atoms with van der Waals surface area (Å²) < 4.78 is 13.2. The Bertz CT molecular complexity index is 739. The lowest BCUT2D eigenvalue weighted by Gasteiger charge is -2.13. The van der Waals surface area contributed by atoms with Gasteiger partial charge in [-0.3, -0.25) is 9.36 Å². The number of hydrogen-bond donors (Lipinski definition) is 2. The van der Waals surface area contributed by atoms with Crippen molar-refractivity contribution in [2.24, 2.45) is 0 Å². The molecule has 0 aliphatic rings. The Hall–Kier alpha value is -1.26. The zero-order chi connectivity index (χ0) is 17.0. The van der Waals surface area contributed by atoms with E-state index in [0.29, 0.717) is 14.6 Å². The Kier molecular flexibility index (Phi) is 6.31. The number of benzene rings is 1. The minimum Gasteiger partial charge on any atom is -0.383 e. The zero-order valence-electron chi connectivity index (χ0n) is 12.5. The van der Waals surface area contributed by atoms with Crippen LogP contribution in [0.2, 0.25) is 0 Å². The highest BCUT2D eigenvalue weighted by atomic mass is 79.9. The Balaban J connectivity index is 2.25. The van der Waals surface area contributed by atoms with E-state index in [1.165, 1.54) is 14.2 Å². The molecular formula is C14H16BrN3O3S2. The van der Waals surface area contributed by atoms with Crippen LogP contribution in [0.1, 0.15) is 9.67 Å². The number of aromatic nitrogens is 1. The van der Waals surface area contributed by atoms with Crippen LogP contribution < -0.4 is 11.1 Å². The fourth-order valence-corrected chi connectivity index (χ4v) is 3.45. The maximum atomic E-state index is 12.3. The molecule has 23 heavy (non-hydrogen) atoms. The molecule has 1 heterocycles. The van der Waals surface area contributed by atoms with Gasteiger partial charge in [0.25, 0.3) is 5.91 Å². The number of nitrogens with one attached hydrogen (secondary N) is 1. The van der Waals surface area contributed by atoms with E-state index in [1.807, 2.05) is 24.3 Å². The summed E-state index contributed by atoms with van der Waals surface area (Å²) in [7, 11) is 3.01. The average molecular weight is 418 g/mol. The molecule has 9 heteroatoms. The van der Waals surface area contributed by atoms with Crippen LogP contribution in [-0.2, 0) is 9.47 Å². The lowest BCUT2D eigenvalue weighted by molar-refractivity contribution is -0.0974. The quantitative estimate of drug-likeness (QED) is 0.557. The van der Waals surface area contributed by atoms with Crippen molar-refractivity contribution in [1.82, 2.24) is 9.88 Å². The Labute approximate surface area is 151 Å². The van der Waals surface area contributed by atoms with Crippen LogP contribution >= 0.6 is 39.5 Å².